The summed E-state index contributed by atoms with van der Waals surface area (Å²) >= 11 is 0. The Labute approximate surface area is 311 Å². The van der Waals surface area contributed by atoms with E-state index in [2.05, 4.69) is 45.6 Å². The molecule has 0 aromatic heterocycles. The van der Waals surface area contributed by atoms with Crippen LogP contribution < -0.4 is 9.47 Å². The Balaban J connectivity index is 1.17. The van der Waals surface area contributed by atoms with Gasteiger partial charge in [0.2, 0.25) is 0 Å². The van der Waals surface area contributed by atoms with Crippen LogP contribution >= 0.6 is 0 Å². The molecule has 52 heavy (non-hydrogen) atoms. The number of methoxy groups -OCH3 is 1. The van der Waals surface area contributed by atoms with Crippen molar-refractivity contribution < 1.29 is 47.8 Å². The van der Waals surface area contributed by atoms with Gasteiger partial charge in [-0.1, -0.05) is 26.8 Å². The lowest BCUT2D eigenvalue weighted by molar-refractivity contribution is -0.309. The summed E-state index contributed by atoms with van der Waals surface area (Å²) in [6.45, 7) is 20.9. The first kappa shape index (κ1) is 39.7. The molecule has 0 amide bonds. The summed E-state index contributed by atoms with van der Waals surface area (Å²) in [7, 11) is 1.80. The number of likely N-dealkylation sites (tertiary alicyclic amines) is 1. The molecule has 11 nitrogen and oxygen atoms in total. The van der Waals surface area contributed by atoms with Gasteiger partial charge in [-0.2, -0.15) is 0 Å². The van der Waals surface area contributed by atoms with E-state index >= 15 is 0 Å². The topological polar surface area (TPSA) is 114 Å². The minimum absolute atomic E-state index is 0.0502. The number of hydrogen-bond donors (Lipinski definition) is 1. The Morgan fingerprint density at radius 2 is 1.58 bits per heavy atom. The van der Waals surface area contributed by atoms with E-state index in [9.17, 15) is 9.90 Å². The van der Waals surface area contributed by atoms with Crippen LogP contribution in [0.5, 0.6) is 11.5 Å². The van der Waals surface area contributed by atoms with Crippen LogP contribution in [0.25, 0.3) is 0 Å². The second-order valence-electron chi connectivity index (χ2n) is 17.1. The largest absolute Gasteiger partial charge is 0.514 e. The van der Waals surface area contributed by atoms with Gasteiger partial charge in [-0.05, 0) is 101 Å². The zero-order valence-corrected chi connectivity index (χ0v) is 33.1. The number of fused-ring (bicyclic) bond motifs is 3. The lowest BCUT2D eigenvalue weighted by atomic mass is 9.35. The third-order valence-corrected chi connectivity index (χ3v) is 13.8. The molecule has 2 aliphatic heterocycles. The van der Waals surface area contributed by atoms with Gasteiger partial charge >= 0.3 is 6.16 Å². The first-order valence-corrected chi connectivity index (χ1v) is 19.8. The first-order valence-electron chi connectivity index (χ1n) is 19.8. The maximum absolute atomic E-state index is 13.1. The van der Waals surface area contributed by atoms with Gasteiger partial charge in [0.05, 0.1) is 51.8 Å². The van der Waals surface area contributed by atoms with Crippen LogP contribution in [0, 0.1) is 29.6 Å². The highest BCUT2D eigenvalue weighted by molar-refractivity contribution is 5.69. The molecule has 0 radical (unpaired) electrons. The lowest BCUT2D eigenvalue weighted by Gasteiger charge is -2.74. The minimum Gasteiger partial charge on any atom is -0.482 e. The van der Waals surface area contributed by atoms with Crippen molar-refractivity contribution in [3.63, 3.8) is 0 Å². The van der Waals surface area contributed by atoms with Gasteiger partial charge in [0.15, 0.2) is 11.5 Å². The third kappa shape index (κ3) is 6.90. The smallest absolute Gasteiger partial charge is 0.482 e. The molecule has 294 valence electrons. The van der Waals surface area contributed by atoms with E-state index in [-0.39, 0.29) is 47.5 Å². The van der Waals surface area contributed by atoms with Gasteiger partial charge < -0.3 is 43.0 Å². The van der Waals surface area contributed by atoms with E-state index in [0.29, 0.717) is 57.7 Å². The molecule has 1 aromatic carbocycles. The van der Waals surface area contributed by atoms with E-state index in [1.807, 2.05) is 19.9 Å². The zero-order valence-electron chi connectivity index (χ0n) is 33.1. The van der Waals surface area contributed by atoms with Crippen LogP contribution in [0.3, 0.4) is 0 Å². The number of aliphatic hydroxyl groups is 1. The Kier molecular flexibility index (Phi) is 11.9. The summed E-state index contributed by atoms with van der Waals surface area (Å²) in [6, 6.07) is 4.15. The molecule has 6 aliphatic rings. The molecule has 1 saturated heterocycles. The molecule has 2 spiro atoms. The highest BCUT2D eigenvalue weighted by atomic mass is 16.7. The molecule has 5 fully saturated rings. The number of ether oxygens (including phenoxy) is 8. The third-order valence-electron chi connectivity index (χ3n) is 13.8. The highest BCUT2D eigenvalue weighted by Gasteiger charge is 2.81. The van der Waals surface area contributed by atoms with Crippen LogP contribution in [0.1, 0.15) is 91.2 Å². The summed E-state index contributed by atoms with van der Waals surface area (Å²) in [6.07, 6.45) is 5.03. The molecule has 2 bridgehead atoms. The molecule has 4 saturated carbocycles. The predicted molar refractivity (Wildman–Crippen MR) is 196 cm³/mol. The Hall–Kier alpha value is -1.99. The Morgan fingerprint density at radius 1 is 0.942 bits per heavy atom. The van der Waals surface area contributed by atoms with Crippen LogP contribution in [-0.2, 0) is 33.8 Å². The van der Waals surface area contributed by atoms with E-state index in [1.165, 1.54) is 12.8 Å². The molecule has 11 heteroatoms. The van der Waals surface area contributed by atoms with Gasteiger partial charge in [0.25, 0.3) is 0 Å². The number of carbonyl (C=O) groups excluding carboxylic acids is 1. The normalized spacial score (nSPS) is 32.1. The number of benzene rings is 1. The molecule has 1 N–H and O–H groups in total. The quantitative estimate of drug-likeness (QED) is 0.108. The summed E-state index contributed by atoms with van der Waals surface area (Å²) < 4.78 is 47.1. The molecular formula is C41H65NO10. The van der Waals surface area contributed by atoms with Gasteiger partial charge in [-0.25, -0.2) is 4.79 Å². The van der Waals surface area contributed by atoms with Crippen LogP contribution in [0.15, 0.2) is 12.1 Å². The second-order valence-corrected chi connectivity index (χ2v) is 17.1. The van der Waals surface area contributed by atoms with Crippen molar-refractivity contribution in [1.82, 2.24) is 4.90 Å². The summed E-state index contributed by atoms with van der Waals surface area (Å²) in [5, 5.41) is 12.5. The van der Waals surface area contributed by atoms with Crippen molar-refractivity contribution in [3.8, 4) is 11.5 Å². The number of hydrogen-bond acceptors (Lipinski definition) is 11. The highest BCUT2D eigenvalue weighted by Crippen LogP contribution is 2.76. The molecule has 7 rings (SSSR count). The van der Waals surface area contributed by atoms with Gasteiger partial charge in [-0.3, -0.25) is 4.90 Å². The van der Waals surface area contributed by atoms with Crippen molar-refractivity contribution in [1.29, 1.82) is 0 Å². The molecule has 4 unspecified atom stereocenters. The van der Waals surface area contributed by atoms with Crippen molar-refractivity contribution in [2.75, 3.05) is 79.7 Å². The summed E-state index contributed by atoms with van der Waals surface area (Å²) in [5.74, 6) is 1.60. The molecular weight excluding hydrogens is 666 g/mol. The Bertz CT molecular complexity index is 1390. The van der Waals surface area contributed by atoms with Crippen molar-refractivity contribution >= 4 is 6.16 Å². The molecule has 2 heterocycles. The fourth-order valence-electron chi connectivity index (χ4n) is 10.4. The minimum atomic E-state index is -1.02. The average molecular weight is 732 g/mol. The lowest BCUT2D eigenvalue weighted by Crippen LogP contribution is -2.81. The van der Waals surface area contributed by atoms with Crippen molar-refractivity contribution in [2.45, 2.75) is 116 Å². The number of aryl methyl sites for hydroxylation is 1. The number of piperidine rings is 1. The Morgan fingerprint density at radius 3 is 2.17 bits per heavy atom. The fraction of sp³-hybridized carbons (Fsp3) is 0.829. The maximum atomic E-state index is 13.1. The zero-order chi connectivity index (χ0) is 37.4. The van der Waals surface area contributed by atoms with E-state index in [4.69, 9.17) is 37.9 Å². The number of nitrogens with zero attached hydrogens (tertiary/aromatic N) is 1. The monoisotopic (exact) mass is 731 g/mol. The average Bonchev–Trinajstić information content (AvgIpc) is 3.85. The first-order chi connectivity index (χ1) is 24.8. The number of carbonyl (C=O) groups is 1. The SMILES string of the molecule is CCOCCOCCOCCOCCOC(=O)Oc1ccc(C)c2c1O[C@@H]1C23CCN(CC2CC2)C(C)[C@]32CC[C@@]1(OC)C(C(C)(O)C(C)(C)C)C2. The van der Waals surface area contributed by atoms with Crippen LogP contribution in [-0.4, -0.2) is 119 Å². The van der Waals surface area contributed by atoms with Gasteiger partial charge in [-0.15, -0.1) is 0 Å². The number of rotatable bonds is 18. The van der Waals surface area contributed by atoms with Gasteiger partial charge in [0, 0.05) is 43.2 Å². The standard InChI is InChI=1S/C41H65NO10/c1-9-46-18-19-47-20-21-48-22-23-49-24-25-50-36(43)51-31-13-10-28(2)33-34(31)52-35-40(33)16-17-42(27-30-11-12-30)29(3)39(40)14-15-41(35,45-8)32(26-39)38(7,44)37(4,5)6/h10,13,29-30,32,35,44H,9,11-12,14-27H2,1-8H3/t29?,32?,35-,38?,39-,40?,41-/m1/s1. The summed E-state index contributed by atoms with van der Waals surface area (Å²) in [4.78, 5) is 15.8. The van der Waals surface area contributed by atoms with Gasteiger partial charge in [0.1, 0.15) is 18.3 Å². The van der Waals surface area contributed by atoms with E-state index in [0.717, 1.165) is 55.8 Å². The fourth-order valence-corrected chi connectivity index (χ4v) is 10.4. The maximum Gasteiger partial charge on any atom is 0.514 e. The second kappa shape index (κ2) is 15.6. The molecule has 4 aliphatic carbocycles. The molecule has 7 atom stereocenters. The summed E-state index contributed by atoms with van der Waals surface area (Å²) in [5.41, 5.74) is -0.399. The van der Waals surface area contributed by atoms with E-state index < -0.39 is 17.4 Å². The predicted octanol–water partition coefficient (Wildman–Crippen LogP) is 6.08. The van der Waals surface area contributed by atoms with Crippen LogP contribution in [0.4, 0.5) is 4.79 Å². The van der Waals surface area contributed by atoms with Crippen molar-refractivity contribution in [2.24, 2.45) is 22.7 Å². The molecule has 1 aromatic rings. The van der Waals surface area contributed by atoms with Crippen LogP contribution in [0.2, 0.25) is 0 Å². The van der Waals surface area contributed by atoms with E-state index in [1.54, 1.807) is 7.11 Å². The van der Waals surface area contributed by atoms with Crippen molar-refractivity contribution in [3.05, 3.63) is 23.3 Å².